The third-order valence-corrected chi connectivity index (χ3v) is 9.14. The van der Waals surface area contributed by atoms with Crippen LogP contribution in [-0.2, 0) is 15.6 Å². The lowest BCUT2D eigenvalue weighted by atomic mass is 9.61. The highest BCUT2D eigenvalue weighted by atomic mass is 35.5. The number of anilines is 2. The number of halogens is 1. The average Bonchev–Trinajstić information content (AvgIpc) is 2.87. The van der Waals surface area contributed by atoms with Crippen LogP contribution < -0.4 is 10.2 Å². The van der Waals surface area contributed by atoms with Gasteiger partial charge in [0, 0.05) is 35.1 Å². The van der Waals surface area contributed by atoms with Crippen LogP contribution in [0.2, 0.25) is 5.02 Å². The third kappa shape index (κ3) is 3.31. The molecule has 0 unspecified atom stereocenters. The maximum Gasteiger partial charge on any atom is 0.259 e. The second kappa shape index (κ2) is 7.17. The molecule has 1 aromatic heterocycles. The average molecular weight is 475 g/mol. The van der Waals surface area contributed by atoms with E-state index < -0.39 is 15.6 Å². The molecule has 9 heteroatoms. The second-order valence-corrected chi connectivity index (χ2v) is 12.4. The van der Waals surface area contributed by atoms with Gasteiger partial charge in [0.15, 0.2) is 0 Å². The first-order valence-electron chi connectivity index (χ1n) is 10.9. The molecule has 1 saturated carbocycles. The molecule has 3 heterocycles. The number of rotatable bonds is 5. The highest BCUT2D eigenvalue weighted by Crippen LogP contribution is 2.50. The summed E-state index contributed by atoms with van der Waals surface area (Å²) < 4.78 is 25.6. The largest absolute Gasteiger partial charge is 0.381 e. The Bertz CT molecular complexity index is 1200. The fourth-order valence-corrected chi connectivity index (χ4v) is 6.91. The Morgan fingerprint density at radius 2 is 1.91 bits per heavy atom. The van der Waals surface area contributed by atoms with Gasteiger partial charge < -0.3 is 5.32 Å². The first-order chi connectivity index (χ1) is 15.0. The smallest absolute Gasteiger partial charge is 0.259 e. The predicted molar refractivity (Wildman–Crippen MR) is 126 cm³/mol. The molecular weight excluding hydrogens is 448 g/mol. The van der Waals surface area contributed by atoms with Crippen molar-refractivity contribution in [3.63, 3.8) is 0 Å². The number of amides is 1. The van der Waals surface area contributed by atoms with Crippen molar-refractivity contribution in [2.45, 2.75) is 45.2 Å². The number of nitrogens with one attached hydrogen (secondary N) is 1. The zero-order valence-electron chi connectivity index (χ0n) is 18.4. The molecule has 170 valence electrons. The van der Waals surface area contributed by atoms with E-state index in [2.05, 4.69) is 10.3 Å². The van der Waals surface area contributed by atoms with Gasteiger partial charge in [0.25, 0.3) is 5.91 Å². The maximum atomic E-state index is 13.2. The molecule has 1 spiro atoms. The Morgan fingerprint density at radius 3 is 2.59 bits per heavy atom. The lowest BCUT2D eigenvalue weighted by Gasteiger charge is -2.58. The minimum Gasteiger partial charge on any atom is -0.381 e. The standard InChI is InChI=1S/C23H27ClN4O3S/c1-4-32(30,31)27-13-23(14-27)9-17(10-23)26-16-8-18(12-25-11-16)28-21(29)19-6-5-15(24)7-20(19)22(28,2)3/h5-8,11-12,17,26H,4,9-10,13-14H2,1-3H3. The van der Waals surface area contributed by atoms with Gasteiger partial charge >= 0.3 is 0 Å². The normalized spacial score (nSPS) is 21.9. The van der Waals surface area contributed by atoms with Gasteiger partial charge in [0.2, 0.25) is 10.0 Å². The van der Waals surface area contributed by atoms with Crippen molar-refractivity contribution in [1.82, 2.24) is 9.29 Å². The van der Waals surface area contributed by atoms with Crippen molar-refractivity contribution in [3.05, 3.63) is 52.8 Å². The summed E-state index contributed by atoms with van der Waals surface area (Å²) in [5.41, 5.74) is 2.73. The molecule has 1 amide bonds. The van der Waals surface area contributed by atoms with Crippen LogP contribution in [0.3, 0.4) is 0 Å². The quantitative estimate of drug-likeness (QED) is 0.711. The van der Waals surface area contributed by atoms with Crippen LogP contribution in [0.15, 0.2) is 36.7 Å². The molecule has 2 fully saturated rings. The SMILES string of the molecule is CCS(=O)(=O)N1CC2(CC(Nc3cncc(N4C(=O)c5ccc(Cl)cc5C4(C)C)c3)C2)C1. The Labute approximate surface area is 193 Å². The molecule has 0 bridgehead atoms. The molecule has 0 atom stereocenters. The lowest BCUT2D eigenvalue weighted by molar-refractivity contribution is -0.0172. The van der Waals surface area contributed by atoms with Crippen LogP contribution in [0.5, 0.6) is 0 Å². The van der Waals surface area contributed by atoms with Crippen LogP contribution in [-0.4, -0.2) is 48.5 Å². The van der Waals surface area contributed by atoms with Crippen molar-refractivity contribution in [1.29, 1.82) is 0 Å². The van der Waals surface area contributed by atoms with E-state index in [1.54, 1.807) is 40.7 Å². The highest BCUT2D eigenvalue weighted by molar-refractivity contribution is 7.89. The van der Waals surface area contributed by atoms with E-state index >= 15 is 0 Å². The van der Waals surface area contributed by atoms with E-state index in [1.807, 2.05) is 26.0 Å². The zero-order chi connectivity index (χ0) is 22.9. The minimum atomic E-state index is -3.08. The number of pyridine rings is 1. The number of hydrogen-bond donors (Lipinski definition) is 1. The number of hydrogen-bond acceptors (Lipinski definition) is 5. The zero-order valence-corrected chi connectivity index (χ0v) is 20.0. The van der Waals surface area contributed by atoms with E-state index in [1.165, 1.54) is 0 Å². The van der Waals surface area contributed by atoms with Gasteiger partial charge in [-0.05, 0) is 63.4 Å². The molecular formula is C23H27ClN4O3S. The van der Waals surface area contributed by atoms with E-state index in [-0.39, 0.29) is 23.1 Å². The summed E-state index contributed by atoms with van der Waals surface area (Å²) in [7, 11) is -3.08. The number of carbonyl (C=O) groups excluding carboxylic acids is 1. The molecule has 1 N–H and O–H groups in total. The van der Waals surface area contributed by atoms with Gasteiger partial charge in [-0.1, -0.05) is 11.6 Å². The number of sulfonamides is 1. The van der Waals surface area contributed by atoms with Crippen LogP contribution >= 0.6 is 11.6 Å². The second-order valence-electron chi connectivity index (χ2n) is 9.74. The van der Waals surface area contributed by atoms with E-state index in [0.717, 1.165) is 29.8 Å². The fraction of sp³-hybridized carbons (Fsp3) is 0.478. The van der Waals surface area contributed by atoms with Gasteiger partial charge in [-0.15, -0.1) is 0 Å². The summed E-state index contributed by atoms with van der Waals surface area (Å²) in [6.45, 7) is 6.95. The first-order valence-corrected chi connectivity index (χ1v) is 12.9. The Morgan fingerprint density at radius 1 is 1.19 bits per heavy atom. The Kier molecular flexibility index (Phi) is 4.86. The van der Waals surface area contributed by atoms with E-state index in [9.17, 15) is 13.2 Å². The summed E-state index contributed by atoms with van der Waals surface area (Å²) in [6.07, 6.45) is 5.34. The summed E-state index contributed by atoms with van der Waals surface area (Å²) in [5, 5.41) is 4.13. The van der Waals surface area contributed by atoms with Crippen LogP contribution in [0.4, 0.5) is 11.4 Å². The lowest BCUT2D eigenvalue weighted by Crippen LogP contribution is -2.66. The molecule has 5 rings (SSSR count). The highest BCUT2D eigenvalue weighted by Gasteiger charge is 2.55. The summed E-state index contributed by atoms with van der Waals surface area (Å²) in [6, 6.07) is 7.62. The van der Waals surface area contributed by atoms with Crippen molar-refractivity contribution >= 4 is 38.9 Å². The molecule has 2 aromatic rings. The van der Waals surface area contributed by atoms with Crippen LogP contribution in [0, 0.1) is 5.41 Å². The van der Waals surface area contributed by atoms with Crippen molar-refractivity contribution < 1.29 is 13.2 Å². The van der Waals surface area contributed by atoms with E-state index in [4.69, 9.17) is 11.6 Å². The number of aromatic nitrogens is 1. The van der Waals surface area contributed by atoms with Gasteiger partial charge in [-0.3, -0.25) is 14.7 Å². The summed E-state index contributed by atoms with van der Waals surface area (Å²) in [5.74, 6) is 0.0973. The third-order valence-electron chi connectivity index (χ3n) is 7.13. The fourth-order valence-electron chi connectivity index (χ4n) is 5.44. The molecule has 2 aliphatic heterocycles. The number of benzene rings is 1. The monoisotopic (exact) mass is 474 g/mol. The van der Waals surface area contributed by atoms with Gasteiger partial charge in [0.05, 0.1) is 35.1 Å². The number of nitrogens with zero attached hydrogens (tertiary/aromatic N) is 3. The molecule has 3 aliphatic rings. The Hall–Kier alpha value is -2.16. The molecule has 1 aliphatic carbocycles. The minimum absolute atomic E-state index is 0.0603. The summed E-state index contributed by atoms with van der Waals surface area (Å²) in [4.78, 5) is 19.3. The molecule has 32 heavy (non-hydrogen) atoms. The van der Waals surface area contributed by atoms with Gasteiger partial charge in [-0.2, -0.15) is 0 Å². The first kappa shape index (κ1) is 21.7. The number of fused-ring (bicyclic) bond motifs is 1. The molecule has 1 aromatic carbocycles. The topological polar surface area (TPSA) is 82.6 Å². The van der Waals surface area contributed by atoms with Crippen molar-refractivity contribution in [2.24, 2.45) is 5.41 Å². The predicted octanol–water partition coefficient (Wildman–Crippen LogP) is 3.86. The molecule has 1 saturated heterocycles. The van der Waals surface area contributed by atoms with Crippen molar-refractivity contribution in [2.75, 3.05) is 29.1 Å². The van der Waals surface area contributed by atoms with Crippen molar-refractivity contribution in [3.8, 4) is 0 Å². The summed E-state index contributed by atoms with van der Waals surface area (Å²) >= 11 is 6.19. The van der Waals surface area contributed by atoms with Gasteiger partial charge in [0.1, 0.15) is 0 Å². The Balaban J connectivity index is 1.28. The maximum absolute atomic E-state index is 13.2. The van der Waals surface area contributed by atoms with E-state index in [0.29, 0.717) is 23.7 Å². The number of carbonyl (C=O) groups is 1. The van der Waals surface area contributed by atoms with Gasteiger partial charge in [-0.25, -0.2) is 12.7 Å². The van der Waals surface area contributed by atoms with Crippen LogP contribution in [0.25, 0.3) is 0 Å². The van der Waals surface area contributed by atoms with Crippen LogP contribution in [0.1, 0.15) is 49.5 Å². The molecule has 7 nitrogen and oxygen atoms in total. The molecule has 0 radical (unpaired) electrons.